The van der Waals surface area contributed by atoms with Crippen LogP contribution in [0.15, 0.2) is 30.5 Å². The van der Waals surface area contributed by atoms with E-state index in [1.807, 2.05) is 31.2 Å². The van der Waals surface area contributed by atoms with Crippen molar-refractivity contribution in [1.29, 1.82) is 0 Å². The van der Waals surface area contributed by atoms with Gasteiger partial charge in [-0.2, -0.15) is 4.98 Å². The number of nitrogens with zero attached hydrogens (tertiary/aromatic N) is 2. The van der Waals surface area contributed by atoms with Gasteiger partial charge >= 0.3 is 0 Å². The van der Waals surface area contributed by atoms with Gasteiger partial charge in [-0.25, -0.2) is 4.98 Å². The van der Waals surface area contributed by atoms with Crippen LogP contribution in [0.1, 0.15) is 5.56 Å². The predicted molar refractivity (Wildman–Crippen MR) is 67.5 cm³/mol. The number of aryl methyl sites for hydroxylation is 1. The van der Waals surface area contributed by atoms with E-state index in [4.69, 9.17) is 10.5 Å². The number of para-hydroxylation sites is 2. The summed E-state index contributed by atoms with van der Waals surface area (Å²) >= 11 is 0. The highest BCUT2D eigenvalue weighted by Gasteiger charge is 2.06. The Hall–Kier alpha value is -2.30. The van der Waals surface area contributed by atoms with Gasteiger partial charge in [-0.05, 0) is 19.1 Å². The molecule has 2 aromatic rings. The summed E-state index contributed by atoms with van der Waals surface area (Å²) in [6, 6.07) is 7.62. The second-order valence-electron chi connectivity index (χ2n) is 3.59. The average molecular weight is 230 g/mol. The minimum Gasteiger partial charge on any atom is -0.495 e. The smallest absolute Gasteiger partial charge is 0.221 e. The fraction of sp³-hybridized carbons (Fsp3) is 0.167. The van der Waals surface area contributed by atoms with E-state index in [2.05, 4.69) is 15.3 Å². The lowest BCUT2D eigenvalue weighted by atomic mass is 10.2. The summed E-state index contributed by atoms with van der Waals surface area (Å²) in [6.07, 6.45) is 1.68. The van der Waals surface area contributed by atoms with E-state index in [0.29, 0.717) is 5.82 Å². The molecule has 1 heterocycles. The van der Waals surface area contributed by atoms with Gasteiger partial charge in [-0.3, -0.25) is 0 Å². The van der Waals surface area contributed by atoms with Crippen molar-refractivity contribution in [3.8, 4) is 5.75 Å². The number of aromatic nitrogens is 2. The lowest BCUT2D eigenvalue weighted by Gasteiger charge is -2.11. The lowest BCUT2D eigenvalue weighted by molar-refractivity contribution is 0.417. The number of rotatable bonds is 3. The summed E-state index contributed by atoms with van der Waals surface area (Å²) in [6.45, 7) is 1.91. The largest absolute Gasteiger partial charge is 0.495 e. The molecule has 1 aromatic heterocycles. The fourth-order valence-corrected chi connectivity index (χ4v) is 1.46. The Labute approximate surface area is 99.7 Å². The molecule has 0 bridgehead atoms. The molecule has 0 aliphatic carbocycles. The van der Waals surface area contributed by atoms with E-state index >= 15 is 0 Å². The zero-order chi connectivity index (χ0) is 12.3. The van der Waals surface area contributed by atoms with E-state index < -0.39 is 0 Å². The number of nitrogen functional groups attached to an aromatic ring is 1. The number of hydrogen-bond acceptors (Lipinski definition) is 5. The van der Waals surface area contributed by atoms with Gasteiger partial charge in [0.1, 0.15) is 11.6 Å². The van der Waals surface area contributed by atoms with Crippen molar-refractivity contribution in [2.45, 2.75) is 6.92 Å². The van der Waals surface area contributed by atoms with Crippen LogP contribution in [-0.2, 0) is 0 Å². The van der Waals surface area contributed by atoms with Crippen molar-refractivity contribution < 1.29 is 4.74 Å². The first kappa shape index (κ1) is 11.2. The van der Waals surface area contributed by atoms with Crippen LogP contribution in [0.2, 0.25) is 0 Å². The van der Waals surface area contributed by atoms with Gasteiger partial charge in [0.2, 0.25) is 5.95 Å². The number of ether oxygens (including phenoxy) is 1. The van der Waals surface area contributed by atoms with Crippen molar-refractivity contribution >= 4 is 17.5 Å². The van der Waals surface area contributed by atoms with Crippen LogP contribution in [0.3, 0.4) is 0 Å². The number of anilines is 3. The summed E-state index contributed by atoms with van der Waals surface area (Å²) < 4.78 is 5.25. The molecule has 5 heteroatoms. The SMILES string of the molecule is COc1ccccc1Nc1nc(N)ncc1C. The van der Waals surface area contributed by atoms with E-state index in [1.54, 1.807) is 13.3 Å². The van der Waals surface area contributed by atoms with Crippen molar-refractivity contribution in [3.63, 3.8) is 0 Å². The number of methoxy groups -OCH3 is 1. The summed E-state index contributed by atoms with van der Waals surface area (Å²) in [4.78, 5) is 8.06. The third kappa shape index (κ3) is 2.44. The maximum absolute atomic E-state index is 5.56. The lowest BCUT2D eigenvalue weighted by Crippen LogP contribution is -2.02. The van der Waals surface area contributed by atoms with Gasteiger partial charge in [-0.15, -0.1) is 0 Å². The Morgan fingerprint density at radius 3 is 2.82 bits per heavy atom. The van der Waals surface area contributed by atoms with Crippen molar-refractivity contribution in [1.82, 2.24) is 9.97 Å². The van der Waals surface area contributed by atoms with Crippen LogP contribution < -0.4 is 15.8 Å². The molecular weight excluding hydrogens is 216 g/mol. The van der Waals surface area contributed by atoms with E-state index in [1.165, 1.54) is 0 Å². The topological polar surface area (TPSA) is 73.1 Å². The highest BCUT2D eigenvalue weighted by molar-refractivity contribution is 5.66. The first-order valence-corrected chi connectivity index (χ1v) is 5.20. The Morgan fingerprint density at radius 1 is 1.29 bits per heavy atom. The van der Waals surface area contributed by atoms with Crippen LogP contribution in [-0.4, -0.2) is 17.1 Å². The van der Waals surface area contributed by atoms with Gasteiger partial charge < -0.3 is 15.8 Å². The van der Waals surface area contributed by atoms with E-state index in [-0.39, 0.29) is 5.95 Å². The molecule has 0 atom stereocenters. The van der Waals surface area contributed by atoms with E-state index in [0.717, 1.165) is 17.0 Å². The van der Waals surface area contributed by atoms with Crippen LogP contribution in [0, 0.1) is 6.92 Å². The summed E-state index contributed by atoms with van der Waals surface area (Å²) in [5, 5.41) is 3.18. The Morgan fingerprint density at radius 2 is 2.06 bits per heavy atom. The quantitative estimate of drug-likeness (QED) is 0.844. The van der Waals surface area contributed by atoms with Crippen LogP contribution in [0.25, 0.3) is 0 Å². The minimum atomic E-state index is 0.244. The molecule has 0 aliphatic heterocycles. The molecule has 0 radical (unpaired) electrons. The second-order valence-corrected chi connectivity index (χ2v) is 3.59. The van der Waals surface area contributed by atoms with Crippen LogP contribution in [0.4, 0.5) is 17.5 Å². The Kier molecular flexibility index (Phi) is 3.09. The number of nitrogens with two attached hydrogens (primary N) is 1. The third-order valence-electron chi connectivity index (χ3n) is 2.35. The van der Waals surface area contributed by atoms with Crippen molar-refractivity contribution in [2.24, 2.45) is 0 Å². The number of benzene rings is 1. The molecular formula is C12H14N4O. The molecule has 17 heavy (non-hydrogen) atoms. The molecule has 0 spiro atoms. The zero-order valence-electron chi connectivity index (χ0n) is 9.77. The minimum absolute atomic E-state index is 0.244. The molecule has 0 saturated heterocycles. The van der Waals surface area contributed by atoms with Gasteiger partial charge in [-0.1, -0.05) is 12.1 Å². The zero-order valence-corrected chi connectivity index (χ0v) is 9.77. The van der Waals surface area contributed by atoms with Crippen LogP contribution in [0.5, 0.6) is 5.75 Å². The van der Waals surface area contributed by atoms with Crippen molar-refractivity contribution in [2.75, 3.05) is 18.2 Å². The number of nitrogens with one attached hydrogen (secondary N) is 1. The maximum Gasteiger partial charge on any atom is 0.221 e. The van der Waals surface area contributed by atoms with Gasteiger partial charge in [0.15, 0.2) is 0 Å². The van der Waals surface area contributed by atoms with Gasteiger partial charge in [0.05, 0.1) is 12.8 Å². The first-order valence-electron chi connectivity index (χ1n) is 5.20. The molecule has 2 rings (SSSR count). The highest BCUT2D eigenvalue weighted by atomic mass is 16.5. The molecule has 0 fully saturated rings. The molecule has 0 amide bonds. The van der Waals surface area contributed by atoms with Gasteiger partial charge in [0, 0.05) is 11.8 Å². The first-order chi connectivity index (χ1) is 8.20. The Balaban J connectivity index is 2.34. The average Bonchev–Trinajstić information content (AvgIpc) is 2.34. The summed E-state index contributed by atoms with van der Waals surface area (Å²) in [5.41, 5.74) is 7.32. The fourth-order valence-electron chi connectivity index (χ4n) is 1.46. The molecule has 0 unspecified atom stereocenters. The third-order valence-corrected chi connectivity index (χ3v) is 2.35. The molecule has 0 saturated carbocycles. The number of hydrogen-bond donors (Lipinski definition) is 2. The maximum atomic E-state index is 5.56. The van der Waals surface area contributed by atoms with Crippen molar-refractivity contribution in [3.05, 3.63) is 36.0 Å². The van der Waals surface area contributed by atoms with E-state index in [9.17, 15) is 0 Å². The predicted octanol–water partition coefficient (Wildman–Crippen LogP) is 2.12. The monoisotopic (exact) mass is 230 g/mol. The Bertz CT molecular complexity index is 528. The summed E-state index contributed by atoms with van der Waals surface area (Å²) in [5.74, 6) is 1.68. The van der Waals surface area contributed by atoms with Crippen LogP contribution >= 0.6 is 0 Å². The standard InChI is InChI=1S/C12H14N4O/c1-8-7-14-12(13)16-11(8)15-9-5-3-4-6-10(9)17-2/h3-7H,1-2H3,(H3,13,14,15,16). The normalized spacial score (nSPS) is 10.0. The summed E-state index contributed by atoms with van der Waals surface area (Å²) in [7, 11) is 1.63. The molecule has 88 valence electrons. The second kappa shape index (κ2) is 4.69. The molecule has 3 N–H and O–H groups in total. The molecule has 1 aromatic carbocycles. The molecule has 5 nitrogen and oxygen atoms in total. The highest BCUT2D eigenvalue weighted by Crippen LogP contribution is 2.27. The van der Waals surface area contributed by atoms with Gasteiger partial charge in [0.25, 0.3) is 0 Å². The molecule has 0 aliphatic rings.